The third-order valence-corrected chi connectivity index (χ3v) is 6.06. The summed E-state index contributed by atoms with van der Waals surface area (Å²) < 4.78 is 18.3. The second-order valence-electron chi connectivity index (χ2n) is 8.85. The van der Waals surface area contributed by atoms with Gasteiger partial charge in [0.1, 0.15) is 5.83 Å². The number of nitrogens with two attached hydrogens (primary N) is 1. The molecule has 0 spiro atoms. The van der Waals surface area contributed by atoms with Gasteiger partial charge in [-0.3, -0.25) is 10.3 Å². The number of amides is 1. The number of carbonyl (C=O) groups is 1. The van der Waals surface area contributed by atoms with E-state index >= 15 is 0 Å². The number of benzene rings is 2. The molecule has 0 bridgehead atoms. The van der Waals surface area contributed by atoms with Crippen LogP contribution < -0.4 is 5.73 Å². The number of ether oxygens (including phenoxy) is 1. The van der Waals surface area contributed by atoms with Gasteiger partial charge in [-0.2, -0.15) is 10.5 Å². The number of allylic oxidation sites excluding steroid dienone is 5. The van der Waals surface area contributed by atoms with Crippen molar-refractivity contribution >= 4 is 12.0 Å². The lowest BCUT2D eigenvalue weighted by Crippen LogP contribution is -2.48. The van der Waals surface area contributed by atoms with Crippen molar-refractivity contribution in [1.82, 2.24) is 4.90 Å². The van der Waals surface area contributed by atoms with Crippen molar-refractivity contribution in [3.05, 3.63) is 106 Å². The lowest BCUT2D eigenvalue weighted by atomic mass is 9.86. The van der Waals surface area contributed by atoms with Gasteiger partial charge in [0.05, 0.1) is 29.3 Å². The first-order valence-corrected chi connectivity index (χ1v) is 11.8. The van der Waals surface area contributed by atoms with Crippen molar-refractivity contribution in [2.24, 2.45) is 11.7 Å². The van der Waals surface area contributed by atoms with Crippen LogP contribution in [0.3, 0.4) is 0 Å². The first-order chi connectivity index (χ1) is 17.7. The summed E-state index contributed by atoms with van der Waals surface area (Å²) in [6.45, 7) is 7.24. The third-order valence-electron chi connectivity index (χ3n) is 6.06. The monoisotopic (exact) mass is 497 g/mol. The fourth-order valence-electron chi connectivity index (χ4n) is 4.34. The molecule has 1 unspecified atom stereocenters. The molecule has 1 saturated heterocycles. The van der Waals surface area contributed by atoms with Crippen LogP contribution in [0.1, 0.15) is 48.1 Å². The van der Waals surface area contributed by atoms with Gasteiger partial charge in [0.2, 0.25) is 5.90 Å². The summed E-state index contributed by atoms with van der Waals surface area (Å²) >= 11 is 0. The van der Waals surface area contributed by atoms with Crippen molar-refractivity contribution in [2.45, 2.75) is 25.8 Å². The number of hydrogen-bond acceptors (Lipinski definition) is 6. The Kier molecular flexibility index (Phi) is 9.10. The highest BCUT2D eigenvalue weighted by molar-refractivity contribution is 5.97. The van der Waals surface area contributed by atoms with E-state index in [-0.39, 0.29) is 29.8 Å². The number of hydrogen-bond donors (Lipinski definition) is 2. The first kappa shape index (κ1) is 27.1. The molecule has 0 saturated carbocycles. The molecule has 3 N–H and O–H groups in total. The van der Waals surface area contributed by atoms with Gasteiger partial charge in [0.25, 0.3) is 0 Å². The Morgan fingerprint density at radius 1 is 1.24 bits per heavy atom. The van der Waals surface area contributed by atoms with Crippen molar-refractivity contribution in [1.29, 1.82) is 15.9 Å². The average Bonchev–Trinajstić information content (AvgIpc) is 2.86. The van der Waals surface area contributed by atoms with E-state index in [4.69, 9.17) is 15.9 Å². The van der Waals surface area contributed by atoms with E-state index in [1.54, 1.807) is 43.3 Å². The topological polar surface area (TPSA) is 127 Å². The van der Waals surface area contributed by atoms with Crippen molar-refractivity contribution in [3.63, 3.8) is 0 Å². The molecular weight excluding hydrogens is 469 g/mol. The van der Waals surface area contributed by atoms with Crippen LogP contribution in [0.4, 0.5) is 9.18 Å². The Labute approximate surface area is 216 Å². The molecule has 0 radical (unpaired) electrons. The van der Waals surface area contributed by atoms with Gasteiger partial charge in [-0.05, 0) is 66.3 Å². The van der Waals surface area contributed by atoms with E-state index < -0.39 is 6.09 Å². The second-order valence-corrected chi connectivity index (χ2v) is 8.85. The van der Waals surface area contributed by atoms with Crippen LogP contribution >= 0.6 is 0 Å². The van der Waals surface area contributed by atoms with Crippen LogP contribution in [0.25, 0.3) is 0 Å². The quantitative estimate of drug-likeness (QED) is 0.200. The molecule has 37 heavy (non-hydrogen) atoms. The SMILES string of the molecule is C=C(/C=C(C#N)\C=C(\F)CC)CC1CN(C(c2ccc(C#N)cc2)c2cccc(C(=N)OC(N)=O)c2)C1. The van der Waals surface area contributed by atoms with Gasteiger partial charge in [0, 0.05) is 18.7 Å². The standard InChI is InChI=1S/C29H28FN5O2/c1-3-26(30)13-21(16-32)11-19(2)12-22-17-35(18-22)27(23-9-7-20(15-31)8-10-23)24-5-4-6-25(14-24)28(33)37-29(34)36/h4-11,13-14,22,27,33H,2-3,12,17-18H2,1H3,(H2,34,36)/b21-11+,26-13+,33-28?. The van der Waals surface area contributed by atoms with Crippen molar-refractivity contribution in [3.8, 4) is 12.1 Å². The van der Waals surface area contributed by atoms with E-state index in [2.05, 4.69) is 17.5 Å². The largest absolute Gasteiger partial charge is 0.411 e. The third kappa shape index (κ3) is 7.23. The number of rotatable bonds is 9. The zero-order valence-corrected chi connectivity index (χ0v) is 20.6. The Hall–Kier alpha value is -4.53. The van der Waals surface area contributed by atoms with Crippen LogP contribution in [-0.2, 0) is 4.74 Å². The van der Waals surface area contributed by atoms with Crippen LogP contribution in [0, 0.1) is 34.0 Å². The number of nitrogens with zero attached hydrogens (tertiary/aromatic N) is 3. The normalized spacial score (nSPS) is 15.1. The Morgan fingerprint density at radius 2 is 1.95 bits per heavy atom. The molecule has 188 valence electrons. The number of carbonyl (C=O) groups excluding carboxylic acids is 1. The molecule has 1 aliphatic rings. The maximum atomic E-state index is 13.6. The maximum absolute atomic E-state index is 13.6. The predicted octanol–water partition coefficient (Wildman–Crippen LogP) is 5.66. The molecule has 0 aromatic heterocycles. The molecule has 1 heterocycles. The molecule has 7 nitrogen and oxygen atoms in total. The van der Waals surface area contributed by atoms with E-state index in [1.165, 1.54) is 6.08 Å². The molecule has 1 atom stereocenters. The van der Waals surface area contributed by atoms with Gasteiger partial charge < -0.3 is 10.5 Å². The van der Waals surface area contributed by atoms with Gasteiger partial charge in [0.15, 0.2) is 0 Å². The van der Waals surface area contributed by atoms with Gasteiger partial charge in [-0.25, -0.2) is 9.18 Å². The summed E-state index contributed by atoms with van der Waals surface area (Å²) in [5.41, 5.74) is 8.91. The second kappa shape index (κ2) is 12.4. The molecule has 3 rings (SSSR count). The van der Waals surface area contributed by atoms with Crippen molar-refractivity contribution in [2.75, 3.05) is 13.1 Å². The average molecular weight is 498 g/mol. The Morgan fingerprint density at radius 3 is 2.54 bits per heavy atom. The van der Waals surface area contributed by atoms with E-state index in [1.807, 2.05) is 24.3 Å². The fourth-order valence-corrected chi connectivity index (χ4v) is 4.34. The highest BCUT2D eigenvalue weighted by atomic mass is 19.1. The smallest absolute Gasteiger partial charge is 0.391 e. The predicted molar refractivity (Wildman–Crippen MR) is 139 cm³/mol. The lowest BCUT2D eigenvalue weighted by Gasteiger charge is -2.45. The summed E-state index contributed by atoms with van der Waals surface area (Å²) in [6.07, 6.45) is 2.72. The summed E-state index contributed by atoms with van der Waals surface area (Å²) in [6, 6.07) is 18.5. The molecular formula is C29H28FN5O2. The Bertz CT molecular complexity index is 1330. The zero-order chi connectivity index (χ0) is 26.9. The van der Waals surface area contributed by atoms with Gasteiger partial charge >= 0.3 is 6.09 Å². The van der Waals surface area contributed by atoms with Gasteiger partial charge in [-0.15, -0.1) is 0 Å². The molecule has 2 aromatic rings. The van der Waals surface area contributed by atoms with Crippen LogP contribution in [0.15, 0.2) is 84.2 Å². The number of nitrogens with one attached hydrogen (secondary N) is 1. The van der Waals surface area contributed by atoms with E-state index in [9.17, 15) is 19.7 Å². The summed E-state index contributed by atoms with van der Waals surface area (Å²) in [5, 5.41) is 26.5. The minimum atomic E-state index is -1.05. The maximum Gasteiger partial charge on any atom is 0.411 e. The highest BCUT2D eigenvalue weighted by Gasteiger charge is 2.34. The number of nitriles is 2. The lowest BCUT2D eigenvalue weighted by molar-refractivity contribution is 0.0693. The van der Waals surface area contributed by atoms with Crippen LogP contribution in [-0.4, -0.2) is 30.0 Å². The number of likely N-dealkylation sites (tertiary alicyclic amines) is 1. The summed E-state index contributed by atoms with van der Waals surface area (Å²) in [7, 11) is 0. The fraction of sp³-hybridized carbons (Fsp3) is 0.241. The zero-order valence-electron chi connectivity index (χ0n) is 20.6. The Balaban J connectivity index is 1.80. The summed E-state index contributed by atoms with van der Waals surface area (Å²) in [5.74, 6) is -0.388. The minimum absolute atomic E-state index is 0.162. The number of halogens is 1. The highest BCUT2D eigenvalue weighted by Crippen LogP contribution is 2.37. The van der Waals surface area contributed by atoms with Gasteiger partial charge in [-0.1, -0.05) is 43.3 Å². The minimum Gasteiger partial charge on any atom is -0.391 e. The summed E-state index contributed by atoms with van der Waals surface area (Å²) in [4.78, 5) is 13.4. The van der Waals surface area contributed by atoms with Crippen LogP contribution in [0.5, 0.6) is 0 Å². The molecule has 1 fully saturated rings. The molecule has 1 aliphatic heterocycles. The first-order valence-electron chi connectivity index (χ1n) is 11.8. The van der Waals surface area contributed by atoms with Crippen molar-refractivity contribution < 1.29 is 13.9 Å². The molecule has 8 heteroatoms. The van der Waals surface area contributed by atoms with Crippen LogP contribution in [0.2, 0.25) is 0 Å². The number of primary amides is 1. The molecule has 2 aromatic carbocycles. The molecule has 0 aliphatic carbocycles. The van der Waals surface area contributed by atoms with E-state index in [0.717, 1.165) is 29.8 Å². The molecule has 1 amide bonds. The van der Waals surface area contributed by atoms with E-state index in [0.29, 0.717) is 23.5 Å².